The molecule has 3 aromatic carbocycles. The second kappa shape index (κ2) is 7.71. The Hall–Kier alpha value is -2.36. The molecule has 0 bridgehead atoms. The van der Waals surface area contributed by atoms with Crippen LogP contribution < -0.4 is 0 Å². The number of aliphatic carboxylic acids is 1. The SMILES string of the molecule is O=C(O)C1CCN(Cc2ccc(Cc3ccc(Cl)cc3)c3ccccc23)C1. The number of fused-ring (bicyclic) bond motifs is 1. The lowest BCUT2D eigenvalue weighted by molar-refractivity contribution is -0.141. The van der Waals surface area contributed by atoms with Crippen LogP contribution in [0.4, 0.5) is 0 Å². The third kappa shape index (κ3) is 4.00. The highest BCUT2D eigenvalue weighted by atomic mass is 35.5. The van der Waals surface area contributed by atoms with Crippen molar-refractivity contribution < 1.29 is 9.90 Å². The smallest absolute Gasteiger partial charge is 0.307 e. The minimum atomic E-state index is -0.680. The lowest BCUT2D eigenvalue weighted by Gasteiger charge is -2.18. The highest BCUT2D eigenvalue weighted by Crippen LogP contribution is 2.28. The van der Waals surface area contributed by atoms with Gasteiger partial charge in [0.05, 0.1) is 5.92 Å². The van der Waals surface area contributed by atoms with Crippen molar-refractivity contribution in [3.63, 3.8) is 0 Å². The van der Waals surface area contributed by atoms with Crippen LogP contribution in [0, 0.1) is 5.92 Å². The van der Waals surface area contributed by atoms with Gasteiger partial charge in [0, 0.05) is 18.1 Å². The molecule has 0 aromatic heterocycles. The Morgan fingerprint density at radius 1 is 1.00 bits per heavy atom. The van der Waals surface area contributed by atoms with E-state index in [1.54, 1.807) is 0 Å². The van der Waals surface area contributed by atoms with Crippen LogP contribution in [0.15, 0.2) is 60.7 Å². The molecule has 1 aliphatic heterocycles. The fourth-order valence-electron chi connectivity index (χ4n) is 3.96. The first-order valence-corrected chi connectivity index (χ1v) is 9.67. The van der Waals surface area contributed by atoms with Crippen LogP contribution in [-0.2, 0) is 17.8 Å². The van der Waals surface area contributed by atoms with Crippen LogP contribution in [-0.4, -0.2) is 29.1 Å². The van der Waals surface area contributed by atoms with Crippen molar-refractivity contribution in [3.8, 4) is 0 Å². The number of hydrogen-bond donors (Lipinski definition) is 1. The molecule has 4 heteroatoms. The summed E-state index contributed by atoms with van der Waals surface area (Å²) in [6.07, 6.45) is 1.60. The van der Waals surface area contributed by atoms with Crippen molar-refractivity contribution in [2.45, 2.75) is 19.4 Å². The zero-order valence-electron chi connectivity index (χ0n) is 15.1. The number of halogens is 1. The lowest BCUT2D eigenvalue weighted by Crippen LogP contribution is -2.23. The zero-order valence-corrected chi connectivity index (χ0v) is 15.8. The van der Waals surface area contributed by atoms with E-state index in [2.05, 4.69) is 53.4 Å². The second-order valence-corrected chi connectivity index (χ2v) is 7.73. The summed E-state index contributed by atoms with van der Waals surface area (Å²) in [6, 6.07) is 20.9. The van der Waals surface area contributed by atoms with Crippen LogP contribution in [0.25, 0.3) is 10.8 Å². The molecule has 1 saturated heterocycles. The topological polar surface area (TPSA) is 40.5 Å². The molecule has 0 amide bonds. The van der Waals surface area contributed by atoms with Crippen LogP contribution in [0.1, 0.15) is 23.1 Å². The van der Waals surface area contributed by atoms with Gasteiger partial charge in [0.15, 0.2) is 0 Å². The Kier molecular flexibility index (Phi) is 5.15. The van der Waals surface area contributed by atoms with Crippen molar-refractivity contribution >= 4 is 28.3 Å². The normalized spacial score (nSPS) is 17.4. The van der Waals surface area contributed by atoms with Crippen molar-refractivity contribution in [3.05, 3.63) is 82.4 Å². The van der Waals surface area contributed by atoms with E-state index < -0.39 is 5.97 Å². The van der Waals surface area contributed by atoms with E-state index in [0.717, 1.165) is 31.0 Å². The summed E-state index contributed by atoms with van der Waals surface area (Å²) in [7, 11) is 0. The molecule has 1 aliphatic rings. The largest absolute Gasteiger partial charge is 0.481 e. The van der Waals surface area contributed by atoms with Gasteiger partial charge in [-0.3, -0.25) is 9.69 Å². The van der Waals surface area contributed by atoms with Crippen molar-refractivity contribution in [1.82, 2.24) is 4.90 Å². The van der Waals surface area contributed by atoms with Gasteiger partial charge in [0.1, 0.15) is 0 Å². The predicted molar refractivity (Wildman–Crippen MR) is 109 cm³/mol. The molecule has 138 valence electrons. The Morgan fingerprint density at radius 2 is 1.67 bits per heavy atom. The highest BCUT2D eigenvalue weighted by molar-refractivity contribution is 6.30. The first kappa shape index (κ1) is 18.0. The van der Waals surface area contributed by atoms with Gasteiger partial charge in [0.2, 0.25) is 0 Å². The fourth-order valence-corrected chi connectivity index (χ4v) is 4.08. The maximum absolute atomic E-state index is 11.2. The first-order chi connectivity index (χ1) is 13.1. The van der Waals surface area contributed by atoms with Gasteiger partial charge in [-0.15, -0.1) is 0 Å². The molecule has 1 atom stereocenters. The van der Waals surface area contributed by atoms with Crippen LogP contribution in [0.5, 0.6) is 0 Å². The minimum Gasteiger partial charge on any atom is -0.481 e. The standard InChI is InChI=1S/C23H22ClNO2/c24-20-9-5-16(6-10-20)13-17-7-8-18(22-4-2-1-3-21(17)22)14-25-12-11-19(15-25)23(26)27/h1-10,19H,11-15H2,(H,26,27). The summed E-state index contributed by atoms with van der Waals surface area (Å²) in [4.78, 5) is 13.5. The van der Waals surface area contributed by atoms with Gasteiger partial charge < -0.3 is 5.11 Å². The number of carbonyl (C=O) groups is 1. The molecule has 0 aliphatic carbocycles. The molecule has 1 unspecified atom stereocenters. The maximum Gasteiger partial charge on any atom is 0.307 e. The number of rotatable bonds is 5. The molecule has 1 heterocycles. The molecule has 1 N–H and O–H groups in total. The van der Waals surface area contributed by atoms with E-state index in [1.165, 1.54) is 27.5 Å². The summed E-state index contributed by atoms with van der Waals surface area (Å²) in [5, 5.41) is 12.5. The summed E-state index contributed by atoms with van der Waals surface area (Å²) in [6.45, 7) is 2.28. The first-order valence-electron chi connectivity index (χ1n) is 9.29. The molecule has 4 rings (SSSR count). The van der Waals surface area contributed by atoms with E-state index in [-0.39, 0.29) is 5.92 Å². The Labute approximate surface area is 164 Å². The van der Waals surface area contributed by atoms with Gasteiger partial charge in [0.25, 0.3) is 0 Å². The molecule has 0 radical (unpaired) electrons. The number of nitrogens with zero attached hydrogens (tertiary/aromatic N) is 1. The molecular formula is C23H22ClNO2. The van der Waals surface area contributed by atoms with Crippen molar-refractivity contribution in [2.75, 3.05) is 13.1 Å². The molecule has 0 saturated carbocycles. The van der Waals surface area contributed by atoms with Crippen LogP contribution in [0.3, 0.4) is 0 Å². The van der Waals surface area contributed by atoms with Gasteiger partial charge in [-0.05, 0) is 59.0 Å². The molecule has 3 aromatic rings. The van der Waals surface area contributed by atoms with Crippen molar-refractivity contribution in [2.24, 2.45) is 5.92 Å². The van der Waals surface area contributed by atoms with Crippen LogP contribution >= 0.6 is 11.6 Å². The molecule has 0 spiro atoms. The average molecular weight is 380 g/mol. The summed E-state index contributed by atoms with van der Waals surface area (Å²) >= 11 is 6.00. The second-order valence-electron chi connectivity index (χ2n) is 7.29. The molecule has 27 heavy (non-hydrogen) atoms. The molecular weight excluding hydrogens is 358 g/mol. The highest BCUT2D eigenvalue weighted by Gasteiger charge is 2.28. The monoisotopic (exact) mass is 379 g/mol. The van der Waals surface area contributed by atoms with Gasteiger partial charge >= 0.3 is 5.97 Å². The Bertz CT molecular complexity index is 968. The summed E-state index contributed by atoms with van der Waals surface area (Å²) in [5.41, 5.74) is 3.79. The lowest BCUT2D eigenvalue weighted by atomic mass is 9.95. The average Bonchev–Trinajstić information content (AvgIpc) is 3.14. The third-order valence-corrected chi connectivity index (χ3v) is 5.68. The van der Waals surface area contributed by atoms with E-state index in [4.69, 9.17) is 11.6 Å². The third-order valence-electron chi connectivity index (χ3n) is 5.43. The van der Waals surface area contributed by atoms with Gasteiger partial charge in [-0.1, -0.05) is 60.1 Å². The predicted octanol–water partition coefficient (Wildman–Crippen LogP) is 4.99. The fraction of sp³-hybridized carbons (Fsp3) is 0.261. The zero-order chi connectivity index (χ0) is 18.8. The number of hydrogen-bond acceptors (Lipinski definition) is 2. The molecule has 3 nitrogen and oxygen atoms in total. The maximum atomic E-state index is 11.2. The van der Waals surface area contributed by atoms with Crippen LogP contribution in [0.2, 0.25) is 5.02 Å². The quantitative estimate of drug-likeness (QED) is 0.678. The number of carboxylic acids is 1. The van der Waals surface area contributed by atoms with Gasteiger partial charge in [-0.2, -0.15) is 0 Å². The number of likely N-dealkylation sites (tertiary alicyclic amines) is 1. The van der Waals surface area contributed by atoms with Crippen molar-refractivity contribution in [1.29, 1.82) is 0 Å². The Morgan fingerprint density at radius 3 is 2.33 bits per heavy atom. The van der Waals surface area contributed by atoms with E-state index in [0.29, 0.717) is 6.54 Å². The van der Waals surface area contributed by atoms with E-state index >= 15 is 0 Å². The summed E-state index contributed by atoms with van der Waals surface area (Å²) in [5.74, 6) is -0.916. The minimum absolute atomic E-state index is 0.236. The van der Waals surface area contributed by atoms with E-state index in [9.17, 15) is 9.90 Å². The Balaban J connectivity index is 1.60. The van der Waals surface area contributed by atoms with Gasteiger partial charge in [-0.25, -0.2) is 0 Å². The number of benzene rings is 3. The number of carboxylic acid groups (broad SMARTS) is 1. The summed E-state index contributed by atoms with van der Waals surface area (Å²) < 4.78 is 0. The van der Waals surface area contributed by atoms with E-state index in [1.807, 2.05) is 12.1 Å². The molecule has 1 fully saturated rings.